The lowest BCUT2D eigenvalue weighted by Crippen LogP contribution is -2.14. The molecule has 0 fully saturated rings. The molecule has 1 N–H and O–H groups in total. The van der Waals surface area contributed by atoms with E-state index < -0.39 is 10.0 Å². The Hall–Kier alpha value is -3.72. The molecule has 0 amide bonds. The van der Waals surface area contributed by atoms with Crippen molar-refractivity contribution in [1.82, 2.24) is 19.5 Å². The van der Waals surface area contributed by atoms with E-state index in [1.165, 1.54) is 11.9 Å². The van der Waals surface area contributed by atoms with Crippen LogP contribution in [-0.4, -0.2) is 27.9 Å². The van der Waals surface area contributed by atoms with Gasteiger partial charge in [0.25, 0.3) is 10.0 Å². The molecule has 2 aromatic heterocycles. The zero-order valence-electron chi connectivity index (χ0n) is 18.1. The van der Waals surface area contributed by atoms with Crippen LogP contribution in [0, 0.1) is 6.92 Å². The zero-order valence-corrected chi connectivity index (χ0v) is 18.9. The number of imidazole rings is 1. The molecule has 0 radical (unpaired) electrons. The van der Waals surface area contributed by atoms with Crippen molar-refractivity contribution in [2.24, 2.45) is 0 Å². The van der Waals surface area contributed by atoms with Crippen LogP contribution in [0.3, 0.4) is 0 Å². The number of aromatic nitrogens is 4. The summed E-state index contributed by atoms with van der Waals surface area (Å²) in [7, 11) is -3.67. The zero-order chi connectivity index (χ0) is 22.8. The number of rotatable bonds is 6. The second kappa shape index (κ2) is 8.67. The molecule has 9 heteroatoms. The van der Waals surface area contributed by atoms with E-state index in [9.17, 15) is 8.42 Å². The van der Waals surface area contributed by atoms with E-state index in [4.69, 9.17) is 4.74 Å². The molecule has 0 unspecified atom stereocenters. The second-order valence-electron chi connectivity index (χ2n) is 7.93. The highest BCUT2D eigenvalue weighted by atomic mass is 32.2. The number of aryl methyl sites for hydroxylation is 3. The van der Waals surface area contributed by atoms with Crippen molar-refractivity contribution in [3.63, 3.8) is 0 Å². The summed E-state index contributed by atoms with van der Waals surface area (Å²) in [5, 5.41) is 0. The summed E-state index contributed by atoms with van der Waals surface area (Å²) in [4.78, 5) is 12.9. The van der Waals surface area contributed by atoms with Crippen molar-refractivity contribution < 1.29 is 13.2 Å². The number of benzene rings is 2. The predicted molar refractivity (Wildman–Crippen MR) is 124 cm³/mol. The topological polar surface area (TPSA) is 99.0 Å². The van der Waals surface area contributed by atoms with Crippen LogP contribution >= 0.6 is 0 Å². The number of ether oxygens (including phenoxy) is 1. The molecule has 0 bridgehead atoms. The van der Waals surface area contributed by atoms with E-state index >= 15 is 0 Å². The maximum absolute atomic E-state index is 12.9. The number of sulfonamides is 1. The molecule has 1 aliphatic carbocycles. The molecule has 2 aromatic carbocycles. The first kappa shape index (κ1) is 21.1. The molecule has 33 heavy (non-hydrogen) atoms. The SMILES string of the molecule is Cc1nccn1-c1cc(Oc2ccc(NS(=O)(=O)c3ccc4c(c3)CCCC4)cc2)ncn1. The van der Waals surface area contributed by atoms with Crippen molar-refractivity contribution in [3.8, 4) is 17.4 Å². The van der Waals surface area contributed by atoms with Gasteiger partial charge in [-0.25, -0.2) is 23.4 Å². The van der Waals surface area contributed by atoms with Gasteiger partial charge in [-0.3, -0.25) is 9.29 Å². The average molecular weight is 462 g/mol. The Morgan fingerprint density at radius 1 is 0.939 bits per heavy atom. The number of hydrogen-bond acceptors (Lipinski definition) is 6. The van der Waals surface area contributed by atoms with Gasteiger partial charge >= 0.3 is 0 Å². The molecule has 0 aliphatic heterocycles. The highest BCUT2D eigenvalue weighted by Gasteiger charge is 2.18. The minimum absolute atomic E-state index is 0.284. The fourth-order valence-corrected chi connectivity index (χ4v) is 5.05. The first-order valence-corrected chi connectivity index (χ1v) is 12.2. The fraction of sp³-hybridized carbons (Fsp3) is 0.208. The van der Waals surface area contributed by atoms with Gasteiger partial charge in [-0.15, -0.1) is 0 Å². The lowest BCUT2D eigenvalue weighted by atomic mass is 9.92. The highest BCUT2D eigenvalue weighted by Crippen LogP contribution is 2.27. The third-order valence-corrected chi connectivity index (χ3v) is 7.04. The van der Waals surface area contributed by atoms with Gasteiger partial charge in [0.2, 0.25) is 5.88 Å². The van der Waals surface area contributed by atoms with E-state index in [-0.39, 0.29) is 4.90 Å². The Morgan fingerprint density at radius 2 is 1.73 bits per heavy atom. The monoisotopic (exact) mass is 461 g/mol. The molecule has 168 valence electrons. The first-order chi connectivity index (χ1) is 16.0. The summed E-state index contributed by atoms with van der Waals surface area (Å²) in [6, 6.07) is 13.8. The molecule has 1 aliphatic rings. The van der Waals surface area contributed by atoms with Crippen molar-refractivity contribution in [1.29, 1.82) is 0 Å². The summed E-state index contributed by atoms with van der Waals surface area (Å²) in [6.45, 7) is 1.88. The quantitative estimate of drug-likeness (QED) is 0.456. The van der Waals surface area contributed by atoms with E-state index in [2.05, 4.69) is 19.7 Å². The molecular formula is C24H23N5O3S. The smallest absolute Gasteiger partial charge is 0.261 e. The Kier molecular flexibility index (Phi) is 5.55. The maximum atomic E-state index is 12.9. The number of fused-ring (bicyclic) bond motifs is 1. The van der Waals surface area contributed by atoms with E-state index in [0.717, 1.165) is 37.1 Å². The van der Waals surface area contributed by atoms with Crippen molar-refractivity contribution in [2.75, 3.05) is 4.72 Å². The lowest BCUT2D eigenvalue weighted by molar-refractivity contribution is 0.461. The van der Waals surface area contributed by atoms with Gasteiger partial charge in [-0.2, -0.15) is 0 Å². The summed E-state index contributed by atoms with van der Waals surface area (Å²) in [6.07, 6.45) is 9.13. The normalized spacial score (nSPS) is 13.4. The van der Waals surface area contributed by atoms with Crippen LogP contribution in [-0.2, 0) is 22.9 Å². The average Bonchev–Trinajstić information content (AvgIpc) is 3.26. The maximum Gasteiger partial charge on any atom is 0.261 e. The summed E-state index contributed by atoms with van der Waals surface area (Å²) in [5.41, 5.74) is 2.83. The lowest BCUT2D eigenvalue weighted by Gasteiger charge is -2.17. The van der Waals surface area contributed by atoms with Gasteiger partial charge in [0.15, 0.2) is 0 Å². The molecule has 5 rings (SSSR count). The number of hydrogen-bond donors (Lipinski definition) is 1. The Labute approximate surface area is 192 Å². The molecule has 0 saturated carbocycles. The Bertz CT molecular complexity index is 1400. The number of nitrogens with one attached hydrogen (secondary N) is 1. The van der Waals surface area contributed by atoms with Gasteiger partial charge in [-0.05, 0) is 80.1 Å². The van der Waals surface area contributed by atoms with Crippen LogP contribution in [0.1, 0.15) is 29.8 Å². The third-order valence-electron chi connectivity index (χ3n) is 5.66. The Balaban J connectivity index is 1.30. The molecule has 0 atom stereocenters. The largest absolute Gasteiger partial charge is 0.439 e. The summed E-state index contributed by atoms with van der Waals surface area (Å²) < 4.78 is 36.0. The van der Waals surface area contributed by atoms with Gasteiger partial charge in [-0.1, -0.05) is 6.07 Å². The molecular weight excluding hydrogens is 438 g/mol. The van der Waals surface area contributed by atoms with Crippen LogP contribution in [0.5, 0.6) is 11.6 Å². The summed E-state index contributed by atoms with van der Waals surface area (Å²) >= 11 is 0. The van der Waals surface area contributed by atoms with Gasteiger partial charge < -0.3 is 4.74 Å². The van der Waals surface area contributed by atoms with Crippen molar-refractivity contribution in [2.45, 2.75) is 37.5 Å². The van der Waals surface area contributed by atoms with E-state index in [0.29, 0.717) is 23.1 Å². The standard InChI is InChI=1S/C24H23N5O3S/c1-17-25-12-13-29(17)23-15-24(27-16-26-23)32-21-9-7-20(8-10-21)28-33(30,31)22-11-6-18-4-2-3-5-19(18)14-22/h6-16,28H,2-5H2,1H3. The van der Waals surface area contributed by atoms with Gasteiger partial charge in [0.1, 0.15) is 23.7 Å². The van der Waals surface area contributed by atoms with Gasteiger partial charge in [0, 0.05) is 24.1 Å². The van der Waals surface area contributed by atoms with E-state index in [1.807, 2.05) is 23.8 Å². The summed E-state index contributed by atoms with van der Waals surface area (Å²) in [5.74, 6) is 2.34. The van der Waals surface area contributed by atoms with Crippen LogP contribution < -0.4 is 9.46 Å². The third kappa shape index (κ3) is 4.58. The highest BCUT2D eigenvalue weighted by molar-refractivity contribution is 7.92. The molecule has 8 nitrogen and oxygen atoms in total. The molecule has 0 saturated heterocycles. The molecule has 2 heterocycles. The van der Waals surface area contributed by atoms with Crippen molar-refractivity contribution >= 4 is 15.7 Å². The van der Waals surface area contributed by atoms with Crippen molar-refractivity contribution in [3.05, 3.63) is 84.2 Å². The minimum atomic E-state index is -3.67. The van der Waals surface area contributed by atoms with Crippen LogP contribution in [0.25, 0.3) is 5.82 Å². The first-order valence-electron chi connectivity index (χ1n) is 10.7. The van der Waals surface area contributed by atoms with E-state index in [1.54, 1.807) is 48.7 Å². The fourth-order valence-electron chi connectivity index (χ4n) is 3.94. The Morgan fingerprint density at radius 3 is 2.48 bits per heavy atom. The van der Waals surface area contributed by atoms with Crippen LogP contribution in [0.4, 0.5) is 5.69 Å². The molecule has 4 aromatic rings. The van der Waals surface area contributed by atoms with Crippen LogP contribution in [0.15, 0.2) is 72.1 Å². The molecule has 0 spiro atoms. The second-order valence-corrected chi connectivity index (χ2v) is 9.61. The van der Waals surface area contributed by atoms with Gasteiger partial charge in [0.05, 0.1) is 4.90 Å². The predicted octanol–water partition coefficient (Wildman–Crippen LogP) is 4.44. The van der Waals surface area contributed by atoms with Crippen LogP contribution in [0.2, 0.25) is 0 Å². The number of anilines is 1. The number of nitrogens with zero attached hydrogens (tertiary/aromatic N) is 4. The minimum Gasteiger partial charge on any atom is -0.439 e.